The third-order valence-corrected chi connectivity index (χ3v) is 7.45. The first-order chi connectivity index (χ1) is 14.9. The van der Waals surface area contributed by atoms with E-state index in [4.69, 9.17) is 16.3 Å². The van der Waals surface area contributed by atoms with Gasteiger partial charge in [-0.25, -0.2) is 4.39 Å². The van der Waals surface area contributed by atoms with Gasteiger partial charge in [0, 0.05) is 24.2 Å². The number of ether oxygens (including phenoxy) is 1. The molecule has 5 rings (SSSR count). The lowest BCUT2D eigenvalue weighted by Crippen LogP contribution is -2.52. The first-order valence-electron chi connectivity index (χ1n) is 10.6. The fourth-order valence-corrected chi connectivity index (χ4v) is 5.89. The van der Waals surface area contributed by atoms with Gasteiger partial charge in [0.2, 0.25) is 0 Å². The number of aliphatic carboxylic acids is 1. The molecule has 2 saturated heterocycles. The molecule has 3 heterocycles. The number of hydrogen-bond donors (Lipinski definition) is 1. The van der Waals surface area contributed by atoms with Gasteiger partial charge >= 0.3 is 5.97 Å². The van der Waals surface area contributed by atoms with E-state index in [0.29, 0.717) is 19.4 Å². The van der Waals surface area contributed by atoms with Crippen molar-refractivity contribution in [3.05, 3.63) is 70.0 Å². The highest BCUT2D eigenvalue weighted by molar-refractivity contribution is 6.34. The number of carboxylic acids is 1. The van der Waals surface area contributed by atoms with E-state index in [1.165, 1.54) is 6.07 Å². The summed E-state index contributed by atoms with van der Waals surface area (Å²) in [6.45, 7) is 0.610. The van der Waals surface area contributed by atoms with E-state index in [2.05, 4.69) is 4.90 Å². The SMILES string of the molecule is O=C(O)C(CN1C2CCC1CC1(C2)OCc2ccc(F)cc21)C(=O)c1ccccc1Cl. The summed E-state index contributed by atoms with van der Waals surface area (Å²) < 4.78 is 20.2. The highest BCUT2D eigenvalue weighted by Gasteiger charge is 2.53. The number of nitrogens with zero attached hydrogens (tertiary/aromatic N) is 1. The minimum absolute atomic E-state index is 0.0915. The molecule has 0 radical (unpaired) electrons. The molecular weight excluding hydrogens is 421 g/mol. The van der Waals surface area contributed by atoms with Crippen molar-refractivity contribution >= 4 is 23.4 Å². The Labute approximate surface area is 184 Å². The molecular formula is C24H23ClFNO4. The second-order valence-corrected chi connectivity index (χ2v) is 9.22. The highest BCUT2D eigenvalue weighted by atomic mass is 35.5. The van der Waals surface area contributed by atoms with Crippen molar-refractivity contribution in [2.75, 3.05) is 6.54 Å². The lowest BCUT2D eigenvalue weighted by atomic mass is 9.79. The Hall–Kier alpha value is -2.28. The number of carboxylic acid groups (broad SMARTS) is 1. The van der Waals surface area contributed by atoms with Crippen molar-refractivity contribution < 1.29 is 23.8 Å². The summed E-state index contributed by atoms with van der Waals surface area (Å²) in [6, 6.07) is 11.6. The number of carbonyl (C=O) groups is 2. The molecule has 5 nitrogen and oxygen atoms in total. The molecule has 0 amide bonds. The van der Waals surface area contributed by atoms with Gasteiger partial charge in [-0.15, -0.1) is 0 Å². The van der Waals surface area contributed by atoms with Crippen LogP contribution in [0.25, 0.3) is 0 Å². The number of carbonyl (C=O) groups excluding carboxylic acids is 1. The average molecular weight is 444 g/mol. The zero-order valence-corrected chi connectivity index (χ0v) is 17.6. The van der Waals surface area contributed by atoms with Crippen LogP contribution in [0.15, 0.2) is 42.5 Å². The predicted octanol–water partition coefficient (Wildman–Crippen LogP) is 4.42. The van der Waals surface area contributed by atoms with Crippen LogP contribution in [0.2, 0.25) is 5.02 Å². The van der Waals surface area contributed by atoms with Crippen molar-refractivity contribution in [3.63, 3.8) is 0 Å². The maximum atomic E-state index is 14.0. The Balaban J connectivity index is 1.39. The lowest BCUT2D eigenvalue weighted by molar-refractivity contribution is -0.142. The topological polar surface area (TPSA) is 66.8 Å². The number of piperidine rings is 1. The molecule has 2 aromatic rings. The molecule has 0 aliphatic carbocycles. The fraction of sp³-hybridized carbons (Fsp3) is 0.417. The van der Waals surface area contributed by atoms with Crippen molar-refractivity contribution in [2.45, 2.75) is 50.0 Å². The summed E-state index contributed by atoms with van der Waals surface area (Å²) in [5.74, 6) is -3.07. The van der Waals surface area contributed by atoms with Crippen molar-refractivity contribution in [3.8, 4) is 0 Å². The van der Waals surface area contributed by atoms with Crippen LogP contribution in [0, 0.1) is 11.7 Å². The van der Waals surface area contributed by atoms with Crippen LogP contribution in [0.4, 0.5) is 4.39 Å². The average Bonchev–Trinajstić information content (AvgIpc) is 3.19. The van der Waals surface area contributed by atoms with E-state index in [1.54, 1.807) is 36.4 Å². The third-order valence-electron chi connectivity index (χ3n) is 7.12. The fourth-order valence-electron chi connectivity index (χ4n) is 5.66. The molecule has 2 bridgehead atoms. The van der Waals surface area contributed by atoms with Crippen molar-refractivity contribution in [2.24, 2.45) is 5.92 Å². The van der Waals surface area contributed by atoms with Crippen molar-refractivity contribution in [1.29, 1.82) is 0 Å². The van der Waals surface area contributed by atoms with Crippen LogP contribution < -0.4 is 0 Å². The number of fused-ring (bicyclic) bond motifs is 4. The Morgan fingerprint density at radius 2 is 1.90 bits per heavy atom. The Morgan fingerprint density at radius 3 is 2.58 bits per heavy atom. The van der Waals surface area contributed by atoms with Gasteiger partial charge in [0.05, 0.1) is 17.2 Å². The molecule has 0 aromatic heterocycles. The Bertz CT molecular complexity index is 1040. The summed E-state index contributed by atoms with van der Waals surface area (Å²) in [5.41, 5.74) is 1.66. The highest BCUT2D eigenvalue weighted by Crippen LogP contribution is 2.52. The molecule has 2 aromatic carbocycles. The Kier molecular flexibility index (Phi) is 5.12. The summed E-state index contributed by atoms with van der Waals surface area (Å²) >= 11 is 6.15. The zero-order chi connectivity index (χ0) is 21.8. The first-order valence-corrected chi connectivity index (χ1v) is 11.0. The maximum absolute atomic E-state index is 14.0. The van der Waals surface area contributed by atoms with E-state index in [1.807, 2.05) is 0 Å². The summed E-state index contributed by atoms with van der Waals surface area (Å²) in [5, 5.41) is 10.1. The molecule has 0 saturated carbocycles. The van der Waals surface area contributed by atoms with Crippen LogP contribution in [-0.2, 0) is 21.7 Å². The molecule has 1 N–H and O–H groups in total. The number of ketones is 1. The zero-order valence-electron chi connectivity index (χ0n) is 16.9. The number of hydrogen-bond acceptors (Lipinski definition) is 4. The van der Waals surface area contributed by atoms with Crippen LogP contribution in [-0.4, -0.2) is 40.4 Å². The number of rotatable bonds is 5. The van der Waals surface area contributed by atoms with Gasteiger partial charge in [0.1, 0.15) is 11.7 Å². The molecule has 3 atom stereocenters. The molecule has 1 spiro atoms. The van der Waals surface area contributed by atoms with Gasteiger partial charge in [-0.2, -0.15) is 0 Å². The van der Waals surface area contributed by atoms with Crippen LogP contribution >= 0.6 is 11.6 Å². The molecule has 31 heavy (non-hydrogen) atoms. The molecule has 162 valence electrons. The maximum Gasteiger partial charge on any atom is 0.315 e. The third kappa shape index (κ3) is 3.47. The predicted molar refractivity (Wildman–Crippen MR) is 113 cm³/mol. The summed E-state index contributed by atoms with van der Waals surface area (Å²) in [6.07, 6.45) is 3.17. The van der Waals surface area contributed by atoms with E-state index in [0.717, 1.165) is 24.0 Å². The van der Waals surface area contributed by atoms with Crippen LogP contribution in [0.1, 0.15) is 47.2 Å². The quantitative estimate of drug-likeness (QED) is 0.547. The van der Waals surface area contributed by atoms with Gasteiger partial charge < -0.3 is 9.84 Å². The normalized spacial score (nSPS) is 27.9. The van der Waals surface area contributed by atoms with E-state index >= 15 is 0 Å². The molecule has 3 unspecified atom stereocenters. The largest absolute Gasteiger partial charge is 0.481 e. The number of benzene rings is 2. The minimum Gasteiger partial charge on any atom is -0.481 e. The van der Waals surface area contributed by atoms with Crippen molar-refractivity contribution in [1.82, 2.24) is 4.90 Å². The minimum atomic E-state index is -1.19. The second-order valence-electron chi connectivity index (χ2n) is 8.81. The summed E-state index contributed by atoms with van der Waals surface area (Å²) in [7, 11) is 0. The molecule has 3 aliphatic heterocycles. The van der Waals surface area contributed by atoms with Gasteiger partial charge in [0.15, 0.2) is 5.78 Å². The van der Waals surface area contributed by atoms with E-state index in [9.17, 15) is 19.1 Å². The van der Waals surface area contributed by atoms with Gasteiger partial charge in [-0.1, -0.05) is 29.8 Å². The monoisotopic (exact) mass is 443 g/mol. The lowest BCUT2D eigenvalue weighted by Gasteiger charge is -2.45. The second kappa shape index (κ2) is 7.69. The van der Waals surface area contributed by atoms with Gasteiger partial charge in [-0.3, -0.25) is 14.5 Å². The van der Waals surface area contributed by atoms with Crippen LogP contribution in [0.5, 0.6) is 0 Å². The standard InChI is InChI=1S/C24H23ClFNO4/c25-21-4-2-1-3-18(21)22(28)19(23(29)30)12-27-16-7-8-17(27)11-24(10-16)20-9-15(26)6-5-14(20)13-31-24/h1-6,9,16-17,19H,7-8,10-13H2,(H,29,30). The van der Waals surface area contributed by atoms with Gasteiger partial charge in [0.25, 0.3) is 0 Å². The summed E-state index contributed by atoms with van der Waals surface area (Å²) in [4.78, 5) is 27.2. The molecule has 7 heteroatoms. The number of Topliss-reactive ketones (excluding diaryl/α,β-unsaturated/α-hetero) is 1. The van der Waals surface area contributed by atoms with Crippen LogP contribution in [0.3, 0.4) is 0 Å². The van der Waals surface area contributed by atoms with E-state index < -0.39 is 23.3 Å². The number of halogens is 2. The van der Waals surface area contributed by atoms with E-state index in [-0.39, 0.29) is 35.0 Å². The Morgan fingerprint density at radius 1 is 1.19 bits per heavy atom. The first kappa shape index (κ1) is 20.6. The smallest absolute Gasteiger partial charge is 0.315 e. The molecule has 2 fully saturated rings. The van der Waals surface area contributed by atoms with Gasteiger partial charge in [-0.05, 0) is 61.1 Å². The molecule has 3 aliphatic rings.